The van der Waals surface area contributed by atoms with Gasteiger partial charge in [-0.25, -0.2) is 23.2 Å². The topological polar surface area (TPSA) is 143 Å². The Bertz CT molecular complexity index is 1800. The highest BCUT2D eigenvalue weighted by molar-refractivity contribution is 7.89. The molecule has 3 amide bonds. The van der Waals surface area contributed by atoms with Crippen molar-refractivity contribution in [3.63, 3.8) is 0 Å². The van der Waals surface area contributed by atoms with Gasteiger partial charge in [0.1, 0.15) is 12.4 Å². The predicted molar refractivity (Wildman–Crippen MR) is 218 cm³/mol. The van der Waals surface area contributed by atoms with E-state index in [0.717, 1.165) is 54.5 Å². The van der Waals surface area contributed by atoms with Crippen molar-refractivity contribution in [3.8, 4) is 16.9 Å². The average molecular weight is 790 g/mol. The minimum atomic E-state index is -3.21. The fraction of sp³-hybridized carbons (Fsp3) is 0.476. The number of para-hydroxylation sites is 1. The predicted octanol–water partition coefficient (Wildman–Crippen LogP) is 5.28. The van der Waals surface area contributed by atoms with Gasteiger partial charge in [-0.05, 0) is 74.8 Å². The lowest BCUT2D eigenvalue weighted by Crippen LogP contribution is -2.50. The van der Waals surface area contributed by atoms with Crippen molar-refractivity contribution in [2.75, 3.05) is 76.3 Å². The fourth-order valence-corrected chi connectivity index (χ4v) is 8.06. The number of hydrogen-bond acceptors (Lipinski definition) is 9. The van der Waals surface area contributed by atoms with Gasteiger partial charge >= 0.3 is 6.09 Å². The first-order valence-corrected chi connectivity index (χ1v) is 21.5. The molecule has 2 N–H and O–H groups in total. The van der Waals surface area contributed by atoms with Crippen molar-refractivity contribution < 1.29 is 32.6 Å². The van der Waals surface area contributed by atoms with E-state index < -0.39 is 16.1 Å². The summed E-state index contributed by atoms with van der Waals surface area (Å²) < 4.78 is 31.7. The summed E-state index contributed by atoms with van der Waals surface area (Å²) >= 11 is 0. The maximum absolute atomic E-state index is 13.6. The normalized spacial score (nSPS) is 15.6. The first-order chi connectivity index (χ1) is 27.1. The number of phenols is 1. The van der Waals surface area contributed by atoms with E-state index in [1.807, 2.05) is 76.6 Å². The van der Waals surface area contributed by atoms with Crippen LogP contribution in [0.25, 0.3) is 11.1 Å². The molecule has 0 spiro atoms. The van der Waals surface area contributed by atoms with Crippen LogP contribution in [0, 0.1) is 6.42 Å². The molecule has 14 heteroatoms. The Morgan fingerprint density at radius 1 is 0.821 bits per heavy atom. The molecule has 5 rings (SSSR count). The van der Waals surface area contributed by atoms with Crippen LogP contribution in [0.5, 0.6) is 5.75 Å². The molecule has 2 aliphatic rings. The van der Waals surface area contributed by atoms with E-state index >= 15 is 0 Å². The van der Waals surface area contributed by atoms with Crippen molar-refractivity contribution in [2.45, 2.75) is 58.4 Å². The first kappa shape index (κ1) is 42.6. The molecule has 0 bridgehead atoms. The maximum atomic E-state index is 13.6. The third-order valence-corrected chi connectivity index (χ3v) is 12.1. The molecule has 0 aliphatic carbocycles. The molecule has 0 aromatic heterocycles. The fourth-order valence-electron chi connectivity index (χ4n) is 6.98. The first-order valence-electron chi connectivity index (χ1n) is 19.8. The minimum Gasteiger partial charge on any atom is -0.508 e. The third-order valence-electron chi connectivity index (χ3n) is 10.2. The number of hydrogen-bond donors (Lipinski definition) is 2. The summed E-state index contributed by atoms with van der Waals surface area (Å²) in [7, 11) is -3.21. The zero-order valence-electron chi connectivity index (χ0n) is 32.6. The highest BCUT2D eigenvalue weighted by Crippen LogP contribution is 2.33. The molecule has 56 heavy (non-hydrogen) atoms. The van der Waals surface area contributed by atoms with Crippen LogP contribution in [0.4, 0.5) is 10.5 Å². The summed E-state index contributed by atoms with van der Waals surface area (Å²) in [5, 5.41) is 16.3. The molecule has 3 aromatic rings. The number of anilines is 1. The van der Waals surface area contributed by atoms with Crippen molar-refractivity contribution in [2.24, 2.45) is 0 Å². The SMILES string of the molecule is CCS(=O)(=O)N1CCN(CCC(=O)N(CCCCCNC(=O)CCOC(=O)N(c2ccccc2-c2ccccc2)N2CC[CH]CC2)Cc2ccc(O)cc2)CC1. The van der Waals surface area contributed by atoms with E-state index in [1.165, 1.54) is 4.31 Å². The van der Waals surface area contributed by atoms with Crippen LogP contribution >= 0.6 is 0 Å². The second-order valence-corrected chi connectivity index (χ2v) is 16.4. The van der Waals surface area contributed by atoms with Crippen LogP contribution in [-0.2, 0) is 30.9 Å². The van der Waals surface area contributed by atoms with Crippen molar-refractivity contribution in [1.29, 1.82) is 0 Å². The molecule has 0 saturated carbocycles. The summed E-state index contributed by atoms with van der Waals surface area (Å²) in [5.74, 6) is 0.0771. The number of sulfonamides is 1. The lowest BCUT2D eigenvalue weighted by Gasteiger charge is -2.37. The lowest BCUT2D eigenvalue weighted by atomic mass is 10.0. The second kappa shape index (κ2) is 21.7. The van der Waals surface area contributed by atoms with Gasteiger partial charge in [-0.1, -0.05) is 60.7 Å². The smallest absolute Gasteiger partial charge is 0.429 e. The summed E-state index contributed by atoms with van der Waals surface area (Å²) in [4.78, 5) is 43.7. The number of benzene rings is 3. The standard InChI is InChI=1S/C42H57N6O7S/c1-2-56(53,54)47-31-29-44(30-32-47)28-22-41(51)45(34-35-18-20-37(49)21-19-35)25-11-4-10-24-43-40(50)23-33-55-42(52)48(46-26-12-5-13-27-46)39-17-9-8-16-38(39)36-14-6-3-7-15-36/h3,5-9,14-21,49H,2,4,10-13,22-34H2,1H3,(H,43,50). The molecule has 3 aromatic carbocycles. The number of aromatic hydroxyl groups is 1. The van der Waals surface area contributed by atoms with E-state index in [1.54, 1.807) is 24.1 Å². The highest BCUT2D eigenvalue weighted by atomic mass is 32.2. The van der Waals surface area contributed by atoms with Crippen LogP contribution < -0.4 is 10.3 Å². The monoisotopic (exact) mass is 789 g/mol. The zero-order valence-corrected chi connectivity index (χ0v) is 33.4. The zero-order chi connectivity index (χ0) is 39.8. The maximum Gasteiger partial charge on any atom is 0.429 e. The number of phenolic OH excluding ortho intramolecular Hbond substituents is 1. The van der Waals surface area contributed by atoms with Crippen molar-refractivity contribution >= 4 is 33.6 Å². The number of amides is 3. The van der Waals surface area contributed by atoms with Gasteiger partial charge < -0.3 is 25.0 Å². The molecular formula is C42H57N6O7S. The Balaban J connectivity index is 1.04. The number of piperazine rings is 1. The number of piperidine rings is 1. The van der Waals surface area contributed by atoms with E-state index in [9.17, 15) is 27.9 Å². The van der Waals surface area contributed by atoms with Gasteiger partial charge in [0.05, 0.1) is 17.9 Å². The van der Waals surface area contributed by atoms with Crippen molar-refractivity contribution in [3.05, 3.63) is 90.8 Å². The number of ether oxygens (including phenoxy) is 1. The van der Waals surface area contributed by atoms with E-state index in [4.69, 9.17) is 4.74 Å². The molecule has 1 radical (unpaired) electrons. The van der Waals surface area contributed by atoms with Gasteiger partial charge in [0.15, 0.2) is 0 Å². The molecule has 0 unspecified atom stereocenters. The average Bonchev–Trinajstić information content (AvgIpc) is 3.22. The lowest BCUT2D eigenvalue weighted by molar-refractivity contribution is -0.132. The van der Waals surface area contributed by atoms with Gasteiger partial charge in [0.2, 0.25) is 21.8 Å². The molecular weight excluding hydrogens is 733 g/mol. The molecule has 0 atom stereocenters. The van der Waals surface area contributed by atoms with Gasteiger partial charge in [0.25, 0.3) is 0 Å². The number of nitrogens with one attached hydrogen (secondary N) is 1. The number of unbranched alkanes of at least 4 members (excludes halogenated alkanes) is 2. The summed E-state index contributed by atoms with van der Waals surface area (Å²) in [6, 6.07) is 24.6. The number of rotatable bonds is 19. The van der Waals surface area contributed by atoms with Gasteiger partial charge in [0, 0.05) is 77.4 Å². The Hall–Kier alpha value is -4.50. The third kappa shape index (κ3) is 12.8. The van der Waals surface area contributed by atoms with Gasteiger partial charge in [-0.2, -0.15) is 4.31 Å². The number of carbonyl (C=O) groups is 3. The number of carbonyl (C=O) groups excluding carboxylic acids is 3. The molecule has 2 saturated heterocycles. The Kier molecular flexibility index (Phi) is 16.5. The van der Waals surface area contributed by atoms with E-state index in [-0.39, 0.29) is 36.3 Å². The van der Waals surface area contributed by atoms with Crippen LogP contribution in [0.2, 0.25) is 0 Å². The second-order valence-electron chi connectivity index (χ2n) is 14.2. The molecule has 2 aliphatic heterocycles. The summed E-state index contributed by atoms with van der Waals surface area (Å²) in [5.41, 5.74) is 3.57. The Labute approximate surface area is 332 Å². The van der Waals surface area contributed by atoms with Crippen LogP contribution in [0.15, 0.2) is 78.9 Å². The minimum absolute atomic E-state index is 0.0188. The van der Waals surface area contributed by atoms with Crippen LogP contribution in [0.3, 0.4) is 0 Å². The largest absolute Gasteiger partial charge is 0.508 e. The Morgan fingerprint density at radius 2 is 1.52 bits per heavy atom. The molecule has 13 nitrogen and oxygen atoms in total. The van der Waals surface area contributed by atoms with Gasteiger partial charge in [-0.3, -0.25) is 9.59 Å². The summed E-state index contributed by atoms with van der Waals surface area (Å²) in [6.45, 7) is 7.04. The highest BCUT2D eigenvalue weighted by Gasteiger charge is 2.29. The van der Waals surface area contributed by atoms with Gasteiger partial charge in [-0.15, -0.1) is 0 Å². The van der Waals surface area contributed by atoms with E-state index in [2.05, 4.69) is 16.6 Å². The summed E-state index contributed by atoms with van der Waals surface area (Å²) in [6.07, 6.45) is 6.08. The van der Waals surface area contributed by atoms with Crippen LogP contribution in [-0.4, -0.2) is 122 Å². The van der Waals surface area contributed by atoms with E-state index in [0.29, 0.717) is 71.9 Å². The molecule has 303 valence electrons. The van der Waals surface area contributed by atoms with Crippen LogP contribution in [0.1, 0.15) is 57.4 Å². The number of nitrogens with zero attached hydrogens (tertiary/aromatic N) is 5. The molecule has 2 heterocycles. The molecule has 2 fully saturated rings. The Morgan fingerprint density at radius 3 is 2.23 bits per heavy atom. The van der Waals surface area contributed by atoms with Crippen molar-refractivity contribution in [1.82, 2.24) is 24.4 Å². The number of hydrazine groups is 1. The quantitative estimate of drug-likeness (QED) is 0.155.